The van der Waals surface area contributed by atoms with E-state index in [1.54, 1.807) is 18.5 Å². The van der Waals surface area contributed by atoms with E-state index in [0.29, 0.717) is 13.1 Å². The van der Waals surface area contributed by atoms with Gasteiger partial charge < -0.3 is 14.7 Å². The van der Waals surface area contributed by atoms with Gasteiger partial charge >= 0.3 is 0 Å². The number of carbonyl (C=O) groups is 1. The Morgan fingerprint density at radius 3 is 2.07 bits per heavy atom. The van der Waals surface area contributed by atoms with Crippen LogP contribution in [0, 0.1) is 6.92 Å². The van der Waals surface area contributed by atoms with E-state index in [-0.39, 0.29) is 11.7 Å². The third kappa shape index (κ3) is 3.99. The van der Waals surface area contributed by atoms with E-state index < -0.39 is 0 Å². The Balaban J connectivity index is 1.43. The van der Waals surface area contributed by atoms with Crippen molar-refractivity contribution in [1.82, 2.24) is 24.8 Å². The molecule has 0 N–H and O–H groups in total. The van der Waals surface area contributed by atoms with Crippen LogP contribution in [0.2, 0.25) is 0 Å². The number of carbonyl (C=O) groups excluding carboxylic acids is 1. The quantitative estimate of drug-likeness (QED) is 0.814. The molecule has 0 atom stereocenters. The highest BCUT2D eigenvalue weighted by Crippen LogP contribution is 2.23. The van der Waals surface area contributed by atoms with Crippen molar-refractivity contribution in [2.24, 2.45) is 0 Å². The molecule has 8 nitrogen and oxygen atoms in total. The van der Waals surface area contributed by atoms with Crippen molar-refractivity contribution in [3.8, 4) is 0 Å². The van der Waals surface area contributed by atoms with Crippen LogP contribution in [0.1, 0.15) is 35.7 Å². The molecule has 2 aliphatic rings. The number of anilines is 2. The first kappa shape index (κ1) is 17.6. The zero-order chi connectivity index (χ0) is 18.6. The van der Waals surface area contributed by atoms with Gasteiger partial charge in [0, 0.05) is 57.7 Å². The molecular weight excluding hydrogens is 342 g/mol. The van der Waals surface area contributed by atoms with E-state index >= 15 is 0 Å². The fourth-order valence-corrected chi connectivity index (χ4v) is 3.67. The topological polar surface area (TPSA) is 78.4 Å². The lowest BCUT2D eigenvalue weighted by molar-refractivity contribution is 0.0734. The summed E-state index contributed by atoms with van der Waals surface area (Å²) < 4.78 is 0. The van der Waals surface area contributed by atoms with E-state index in [9.17, 15) is 4.79 Å². The van der Waals surface area contributed by atoms with Gasteiger partial charge in [0.1, 0.15) is 17.5 Å². The minimum atomic E-state index is -0.108. The second kappa shape index (κ2) is 7.85. The summed E-state index contributed by atoms with van der Waals surface area (Å²) in [5, 5.41) is 0. The molecule has 0 saturated carbocycles. The number of piperidine rings is 1. The molecule has 1 amide bonds. The van der Waals surface area contributed by atoms with Crippen molar-refractivity contribution in [3.63, 3.8) is 0 Å². The molecule has 0 radical (unpaired) electrons. The van der Waals surface area contributed by atoms with E-state index in [1.165, 1.54) is 19.3 Å². The van der Waals surface area contributed by atoms with Crippen molar-refractivity contribution in [2.45, 2.75) is 26.2 Å². The van der Waals surface area contributed by atoms with Crippen LogP contribution in [0.15, 0.2) is 24.5 Å². The Morgan fingerprint density at radius 1 is 0.852 bits per heavy atom. The van der Waals surface area contributed by atoms with Crippen LogP contribution in [0.25, 0.3) is 0 Å². The number of amides is 1. The van der Waals surface area contributed by atoms with Crippen LogP contribution in [0.4, 0.5) is 11.6 Å². The number of piperazine rings is 1. The first-order valence-corrected chi connectivity index (χ1v) is 9.62. The van der Waals surface area contributed by atoms with Gasteiger partial charge in [0.05, 0.1) is 0 Å². The zero-order valence-corrected chi connectivity index (χ0v) is 15.7. The van der Waals surface area contributed by atoms with Crippen LogP contribution < -0.4 is 9.80 Å². The summed E-state index contributed by atoms with van der Waals surface area (Å²) in [6.45, 7) is 6.84. The van der Waals surface area contributed by atoms with Gasteiger partial charge in [0.25, 0.3) is 5.91 Å². The normalized spacial score (nSPS) is 17.9. The van der Waals surface area contributed by atoms with E-state index in [0.717, 1.165) is 43.6 Å². The standard InChI is InChI=1S/C19H25N7O/c1-15-22-16(24-8-3-2-4-9-24)14-17(23-15)25-10-12-26(13-11-25)19(27)18-20-6-5-7-21-18/h5-7,14H,2-4,8-13H2,1H3. The molecule has 0 bridgehead atoms. The van der Waals surface area contributed by atoms with Gasteiger partial charge in [-0.2, -0.15) is 0 Å². The smallest absolute Gasteiger partial charge is 0.291 e. The van der Waals surface area contributed by atoms with E-state index in [2.05, 4.69) is 35.8 Å². The summed E-state index contributed by atoms with van der Waals surface area (Å²) in [4.78, 5) is 36.3. The molecule has 142 valence electrons. The predicted octanol–water partition coefficient (Wildman–Crippen LogP) is 1.53. The fraction of sp³-hybridized carbons (Fsp3) is 0.526. The van der Waals surface area contributed by atoms with Gasteiger partial charge in [0.2, 0.25) is 5.82 Å². The van der Waals surface area contributed by atoms with Gasteiger partial charge in [-0.3, -0.25) is 4.79 Å². The molecule has 2 aromatic rings. The van der Waals surface area contributed by atoms with Crippen LogP contribution in [-0.2, 0) is 0 Å². The Bertz CT molecular complexity index is 784. The molecule has 27 heavy (non-hydrogen) atoms. The van der Waals surface area contributed by atoms with Gasteiger partial charge in [-0.15, -0.1) is 0 Å². The minimum Gasteiger partial charge on any atom is -0.356 e. The van der Waals surface area contributed by atoms with Crippen molar-refractivity contribution in [1.29, 1.82) is 0 Å². The second-order valence-corrected chi connectivity index (χ2v) is 7.03. The van der Waals surface area contributed by atoms with Gasteiger partial charge in [-0.1, -0.05) is 0 Å². The van der Waals surface area contributed by atoms with Crippen molar-refractivity contribution in [3.05, 3.63) is 36.2 Å². The second-order valence-electron chi connectivity index (χ2n) is 7.03. The molecule has 2 aromatic heterocycles. The molecule has 4 rings (SSSR count). The van der Waals surface area contributed by atoms with Crippen LogP contribution in [-0.4, -0.2) is 70.0 Å². The van der Waals surface area contributed by atoms with Crippen LogP contribution in [0.5, 0.6) is 0 Å². The number of rotatable bonds is 3. The Labute approximate surface area is 159 Å². The lowest BCUT2D eigenvalue weighted by Gasteiger charge is -2.35. The molecule has 0 aromatic carbocycles. The SMILES string of the molecule is Cc1nc(N2CCCCC2)cc(N2CCN(C(=O)c3ncccn3)CC2)n1. The predicted molar refractivity (Wildman–Crippen MR) is 103 cm³/mol. The molecule has 0 unspecified atom stereocenters. The molecule has 2 saturated heterocycles. The summed E-state index contributed by atoms with van der Waals surface area (Å²) in [5.41, 5.74) is 0. The van der Waals surface area contributed by atoms with Crippen molar-refractivity contribution < 1.29 is 4.79 Å². The molecule has 0 spiro atoms. The largest absolute Gasteiger partial charge is 0.356 e. The maximum atomic E-state index is 12.5. The van der Waals surface area contributed by atoms with Gasteiger partial charge in [0.15, 0.2) is 0 Å². The Hall–Kier alpha value is -2.77. The average Bonchev–Trinajstić information content (AvgIpc) is 2.74. The summed E-state index contributed by atoms with van der Waals surface area (Å²) >= 11 is 0. The number of aryl methyl sites for hydroxylation is 1. The zero-order valence-electron chi connectivity index (χ0n) is 15.7. The highest BCUT2D eigenvalue weighted by atomic mass is 16.2. The Morgan fingerprint density at radius 2 is 1.44 bits per heavy atom. The Kier molecular flexibility index (Phi) is 5.13. The molecule has 2 fully saturated rings. The highest BCUT2D eigenvalue weighted by molar-refractivity contribution is 5.90. The summed E-state index contributed by atoms with van der Waals surface area (Å²) in [7, 11) is 0. The van der Waals surface area contributed by atoms with E-state index in [4.69, 9.17) is 0 Å². The summed E-state index contributed by atoms with van der Waals surface area (Å²) in [6, 6.07) is 3.81. The summed E-state index contributed by atoms with van der Waals surface area (Å²) in [5.74, 6) is 2.92. The number of aromatic nitrogens is 4. The van der Waals surface area contributed by atoms with E-state index in [1.807, 2.05) is 11.8 Å². The molecule has 8 heteroatoms. The first-order valence-electron chi connectivity index (χ1n) is 9.62. The van der Waals surface area contributed by atoms with Crippen LogP contribution >= 0.6 is 0 Å². The molecule has 4 heterocycles. The number of hydrogen-bond donors (Lipinski definition) is 0. The third-order valence-electron chi connectivity index (χ3n) is 5.14. The van der Waals surface area contributed by atoms with Crippen LogP contribution in [0.3, 0.4) is 0 Å². The lowest BCUT2D eigenvalue weighted by Crippen LogP contribution is -2.49. The third-order valence-corrected chi connectivity index (χ3v) is 5.14. The summed E-state index contributed by atoms with van der Waals surface area (Å²) in [6.07, 6.45) is 6.94. The molecule has 0 aliphatic carbocycles. The minimum absolute atomic E-state index is 0.108. The highest BCUT2D eigenvalue weighted by Gasteiger charge is 2.25. The average molecular weight is 367 g/mol. The first-order chi connectivity index (χ1) is 13.2. The van der Waals surface area contributed by atoms with Gasteiger partial charge in [-0.05, 0) is 32.3 Å². The fourth-order valence-electron chi connectivity index (χ4n) is 3.67. The van der Waals surface area contributed by atoms with Crippen molar-refractivity contribution in [2.75, 3.05) is 49.1 Å². The maximum absolute atomic E-state index is 12.5. The number of hydrogen-bond acceptors (Lipinski definition) is 7. The lowest BCUT2D eigenvalue weighted by atomic mass is 10.1. The number of nitrogens with zero attached hydrogens (tertiary/aromatic N) is 7. The maximum Gasteiger partial charge on any atom is 0.291 e. The molecular formula is C19H25N7O. The monoisotopic (exact) mass is 367 g/mol. The van der Waals surface area contributed by atoms with Gasteiger partial charge in [-0.25, -0.2) is 19.9 Å². The molecule has 2 aliphatic heterocycles. The van der Waals surface area contributed by atoms with Crippen molar-refractivity contribution >= 4 is 17.5 Å².